The topological polar surface area (TPSA) is 111 Å². The van der Waals surface area contributed by atoms with Crippen LogP contribution >= 0.6 is 0 Å². The first kappa shape index (κ1) is 21.5. The van der Waals surface area contributed by atoms with Gasteiger partial charge >= 0.3 is 0 Å². The van der Waals surface area contributed by atoms with Gasteiger partial charge in [-0.25, -0.2) is 8.42 Å². The highest BCUT2D eigenvalue weighted by atomic mass is 32.2. The van der Waals surface area contributed by atoms with Crippen LogP contribution in [0.5, 0.6) is 5.75 Å². The van der Waals surface area contributed by atoms with E-state index in [9.17, 15) is 8.42 Å². The number of aromatic nitrogens is 5. The Balaban J connectivity index is 1.39. The number of hydrogen-bond donors (Lipinski definition) is 1. The molecule has 3 heterocycles. The first-order chi connectivity index (χ1) is 16.5. The monoisotopic (exact) mass is 472 g/mol. The molecule has 10 heteroatoms. The van der Waals surface area contributed by atoms with Crippen molar-refractivity contribution >= 4 is 21.4 Å². The van der Waals surface area contributed by atoms with Crippen molar-refractivity contribution in [1.29, 1.82) is 0 Å². The molecule has 0 aliphatic rings. The summed E-state index contributed by atoms with van der Waals surface area (Å²) in [6.45, 7) is 2.38. The molecule has 9 nitrogen and oxygen atoms in total. The molecule has 0 saturated heterocycles. The van der Waals surface area contributed by atoms with Gasteiger partial charge < -0.3 is 4.74 Å². The Labute approximate surface area is 196 Å². The van der Waals surface area contributed by atoms with Gasteiger partial charge in [-0.15, -0.1) is 10.2 Å². The predicted octanol–water partition coefficient (Wildman–Crippen LogP) is 4.05. The van der Waals surface area contributed by atoms with Crippen molar-refractivity contribution in [2.24, 2.45) is 0 Å². The van der Waals surface area contributed by atoms with E-state index in [1.54, 1.807) is 47.1 Å². The molecule has 3 aromatic heterocycles. The van der Waals surface area contributed by atoms with Crippen LogP contribution in [0.2, 0.25) is 0 Å². The van der Waals surface area contributed by atoms with E-state index in [1.807, 2.05) is 37.3 Å². The van der Waals surface area contributed by atoms with Gasteiger partial charge in [0.25, 0.3) is 10.0 Å². The van der Waals surface area contributed by atoms with E-state index in [0.29, 0.717) is 40.9 Å². The Morgan fingerprint density at radius 2 is 1.68 bits per heavy atom. The fraction of sp³-hybridized carbons (Fsp3) is 0.0833. The number of hydrogen-bond acceptors (Lipinski definition) is 7. The normalized spacial score (nSPS) is 11.4. The van der Waals surface area contributed by atoms with E-state index in [4.69, 9.17) is 4.74 Å². The highest BCUT2D eigenvalue weighted by molar-refractivity contribution is 7.92. The minimum atomic E-state index is -3.73. The Bertz CT molecular complexity index is 1530. The third kappa shape index (κ3) is 4.30. The smallest absolute Gasteiger partial charge is 0.261 e. The van der Waals surface area contributed by atoms with E-state index >= 15 is 0 Å². The lowest BCUT2D eigenvalue weighted by Crippen LogP contribution is -2.12. The molecular formula is C24H20N6O3S. The van der Waals surface area contributed by atoms with Crippen LogP contribution in [0.1, 0.15) is 6.92 Å². The number of nitrogens with one attached hydrogen (secondary N) is 1. The highest BCUT2D eigenvalue weighted by Crippen LogP contribution is 2.24. The van der Waals surface area contributed by atoms with Gasteiger partial charge in [-0.3, -0.25) is 9.71 Å². The first-order valence-corrected chi connectivity index (χ1v) is 12.0. The van der Waals surface area contributed by atoms with Crippen molar-refractivity contribution in [3.8, 4) is 28.5 Å². The molecule has 1 N–H and O–H groups in total. The van der Waals surface area contributed by atoms with Crippen LogP contribution < -0.4 is 9.46 Å². The van der Waals surface area contributed by atoms with Gasteiger partial charge in [-0.1, -0.05) is 18.2 Å². The number of nitrogens with zero attached hydrogens (tertiary/aromatic N) is 5. The van der Waals surface area contributed by atoms with Crippen LogP contribution in [0.25, 0.3) is 28.4 Å². The van der Waals surface area contributed by atoms with Crippen molar-refractivity contribution < 1.29 is 13.2 Å². The highest BCUT2D eigenvalue weighted by Gasteiger charge is 2.15. The van der Waals surface area contributed by atoms with Gasteiger partial charge in [0, 0.05) is 17.4 Å². The Morgan fingerprint density at radius 3 is 2.38 bits per heavy atom. The number of ether oxygens (including phenoxy) is 1. The maximum absolute atomic E-state index is 12.7. The van der Waals surface area contributed by atoms with E-state index in [1.165, 1.54) is 12.1 Å². The van der Waals surface area contributed by atoms with Crippen LogP contribution in [-0.2, 0) is 10.0 Å². The van der Waals surface area contributed by atoms with Crippen LogP contribution in [-0.4, -0.2) is 39.8 Å². The number of rotatable bonds is 7. The summed E-state index contributed by atoms with van der Waals surface area (Å²) in [5.74, 6) is 1.16. The molecule has 0 aliphatic carbocycles. The summed E-state index contributed by atoms with van der Waals surface area (Å²) in [6.07, 6.45) is 1.69. The standard InChI is InChI=1S/C24H20N6O3S/c1-2-33-19-10-12-20(13-11-19)34(31,32)29-18-8-6-17(7-9-18)21-14-15-23-26-27-24(30(23)28-21)22-5-3-4-16-25-22/h3-16,29H,2H2,1H3. The minimum absolute atomic E-state index is 0.154. The van der Waals surface area contributed by atoms with E-state index in [0.717, 1.165) is 5.56 Å². The second-order valence-corrected chi connectivity index (χ2v) is 9.00. The molecule has 34 heavy (non-hydrogen) atoms. The van der Waals surface area contributed by atoms with E-state index in [2.05, 4.69) is 25.0 Å². The summed E-state index contributed by atoms with van der Waals surface area (Å²) in [7, 11) is -3.73. The molecule has 0 amide bonds. The summed E-state index contributed by atoms with van der Waals surface area (Å²) < 4.78 is 35.1. The largest absolute Gasteiger partial charge is 0.494 e. The van der Waals surface area contributed by atoms with Gasteiger partial charge in [-0.2, -0.15) is 9.61 Å². The van der Waals surface area contributed by atoms with Crippen LogP contribution in [0, 0.1) is 0 Å². The van der Waals surface area contributed by atoms with Gasteiger partial charge in [0.1, 0.15) is 11.4 Å². The lowest BCUT2D eigenvalue weighted by Gasteiger charge is -2.10. The van der Waals surface area contributed by atoms with Gasteiger partial charge in [0.05, 0.1) is 17.2 Å². The summed E-state index contributed by atoms with van der Waals surface area (Å²) >= 11 is 0. The Kier molecular flexibility index (Phi) is 5.64. The molecule has 5 aromatic rings. The maximum atomic E-state index is 12.7. The van der Waals surface area contributed by atoms with E-state index in [-0.39, 0.29) is 4.90 Å². The molecule has 0 radical (unpaired) electrons. The van der Waals surface area contributed by atoms with Crippen LogP contribution in [0.3, 0.4) is 0 Å². The predicted molar refractivity (Wildman–Crippen MR) is 128 cm³/mol. The SMILES string of the molecule is CCOc1ccc(S(=O)(=O)Nc2ccc(-c3ccc4nnc(-c5ccccn5)n4n3)cc2)cc1. The first-order valence-electron chi connectivity index (χ1n) is 10.5. The van der Waals surface area contributed by atoms with Crippen molar-refractivity contribution in [3.05, 3.63) is 85.1 Å². The fourth-order valence-electron chi connectivity index (χ4n) is 3.40. The zero-order chi connectivity index (χ0) is 23.5. The quantitative estimate of drug-likeness (QED) is 0.380. The van der Waals surface area contributed by atoms with Crippen molar-refractivity contribution in [1.82, 2.24) is 24.8 Å². The number of anilines is 1. The lowest BCUT2D eigenvalue weighted by atomic mass is 10.1. The molecular weight excluding hydrogens is 452 g/mol. The van der Waals surface area contributed by atoms with Gasteiger partial charge in [0.2, 0.25) is 5.82 Å². The zero-order valence-electron chi connectivity index (χ0n) is 18.2. The average Bonchev–Trinajstić information content (AvgIpc) is 3.29. The van der Waals surface area contributed by atoms with Crippen LogP contribution in [0.15, 0.2) is 90.0 Å². The summed E-state index contributed by atoms with van der Waals surface area (Å²) in [5, 5.41) is 13.0. The number of pyridine rings is 1. The molecule has 0 aliphatic heterocycles. The van der Waals surface area contributed by atoms with Gasteiger partial charge in [0.15, 0.2) is 5.65 Å². The van der Waals surface area contributed by atoms with Crippen molar-refractivity contribution in [2.75, 3.05) is 11.3 Å². The molecule has 2 aromatic carbocycles. The second kappa shape index (κ2) is 8.91. The summed E-state index contributed by atoms with van der Waals surface area (Å²) in [4.78, 5) is 4.48. The molecule has 5 rings (SSSR count). The minimum Gasteiger partial charge on any atom is -0.494 e. The third-order valence-corrected chi connectivity index (χ3v) is 6.43. The molecule has 0 saturated carbocycles. The summed E-state index contributed by atoms with van der Waals surface area (Å²) in [6, 6.07) is 22.5. The van der Waals surface area contributed by atoms with Gasteiger partial charge in [-0.05, 0) is 67.6 Å². The van der Waals surface area contributed by atoms with Crippen molar-refractivity contribution in [2.45, 2.75) is 11.8 Å². The molecule has 0 bridgehead atoms. The number of fused-ring (bicyclic) bond motifs is 1. The molecule has 0 unspecified atom stereocenters. The molecule has 0 fully saturated rings. The fourth-order valence-corrected chi connectivity index (χ4v) is 4.46. The zero-order valence-corrected chi connectivity index (χ0v) is 19.0. The van der Waals surface area contributed by atoms with E-state index < -0.39 is 10.0 Å². The Hall–Kier alpha value is -4.31. The third-order valence-electron chi connectivity index (χ3n) is 5.03. The lowest BCUT2D eigenvalue weighted by molar-refractivity contribution is 0.340. The molecule has 0 atom stereocenters. The number of benzene rings is 2. The summed E-state index contributed by atoms with van der Waals surface area (Å²) in [5.41, 5.74) is 3.21. The number of sulfonamides is 1. The van der Waals surface area contributed by atoms with Crippen molar-refractivity contribution in [3.63, 3.8) is 0 Å². The molecule has 170 valence electrons. The second-order valence-electron chi connectivity index (χ2n) is 7.31. The maximum Gasteiger partial charge on any atom is 0.261 e. The Morgan fingerprint density at radius 1 is 0.882 bits per heavy atom. The molecule has 0 spiro atoms. The average molecular weight is 473 g/mol. The van der Waals surface area contributed by atoms with Crippen LogP contribution in [0.4, 0.5) is 5.69 Å².